The fourth-order valence-electron chi connectivity index (χ4n) is 2.97. The quantitative estimate of drug-likeness (QED) is 0.846. The van der Waals surface area contributed by atoms with Gasteiger partial charge in [0.15, 0.2) is 0 Å². The number of aliphatic hydroxyl groups is 1. The molecule has 2 atom stereocenters. The first-order valence-electron chi connectivity index (χ1n) is 7.97. The van der Waals surface area contributed by atoms with Crippen LogP contribution in [-0.4, -0.2) is 48.4 Å². The predicted molar refractivity (Wildman–Crippen MR) is 85.5 cm³/mol. The Morgan fingerprint density at radius 2 is 2.05 bits per heavy atom. The number of nitrogens with zero attached hydrogens (tertiary/aromatic N) is 1. The number of urea groups is 1. The summed E-state index contributed by atoms with van der Waals surface area (Å²) < 4.78 is 5.48. The van der Waals surface area contributed by atoms with Crippen molar-refractivity contribution in [3.05, 3.63) is 35.9 Å². The largest absolute Gasteiger partial charge is 0.395 e. The van der Waals surface area contributed by atoms with E-state index in [1.165, 1.54) is 0 Å². The molecule has 2 N–H and O–H groups in total. The minimum atomic E-state index is -0.133. The number of amides is 2. The Morgan fingerprint density at radius 3 is 2.73 bits per heavy atom. The van der Waals surface area contributed by atoms with Crippen molar-refractivity contribution in [2.24, 2.45) is 0 Å². The van der Waals surface area contributed by atoms with E-state index in [9.17, 15) is 9.90 Å². The van der Waals surface area contributed by atoms with Crippen molar-refractivity contribution in [2.75, 3.05) is 20.3 Å². The molecule has 0 heterocycles. The van der Waals surface area contributed by atoms with E-state index in [0.29, 0.717) is 13.1 Å². The van der Waals surface area contributed by atoms with E-state index in [-0.39, 0.29) is 24.8 Å². The summed E-state index contributed by atoms with van der Waals surface area (Å²) in [7, 11) is 1.70. The van der Waals surface area contributed by atoms with Gasteiger partial charge in [-0.05, 0) is 18.4 Å². The first-order valence-corrected chi connectivity index (χ1v) is 7.97. The molecule has 1 aromatic rings. The summed E-state index contributed by atoms with van der Waals surface area (Å²) >= 11 is 0. The van der Waals surface area contributed by atoms with E-state index < -0.39 is 0 Å². The average molecular weight is 306 g/mol. The highest BCUT2D eigenvalue weighted by atomic mass is 16.5. The first-order chi connectivity index (χ1) is 10.7. The van der Waals surface area contributed by atoms with Crippen LogP contribution in [0.25, 0.3) is 0 Å². The lowest BCUT2D eigenvalue weighted by atomic mass is 9.92. The van der Waals surface area contributed by atoms with Crippen LogP contribution in [0.1, 0.15) is 31.2 Å². The lowest BCUT2D eigenvalue weighted by Crippen LogP contribution is -2.51. The summed E-state index contributed by atoms with van der Waals surface area (Å²) in [6, 6.07) is 9.74. The van der Waals surface area contributed by atoms with Crippen LogP contribution in [0.2, 0.25) is 0 Å². The molecule has 0 radical (unpaired) electrons. The zero-order valence-electron chi connectivity index (χ0n) is 13.2. The molecule has 5 nitrogen and oxygen atoms in total. The summed E-state index contributed by atoms with van der Waals surface area (Å²) in [6.45, 7) is 0.779. The van der Waals surface area contributed by atoms with Gasteiger partial charge in [0.1, 0.15) is 0 Å². The lowest BCUT2D eigenvalue weighted by Gasteiger charge is -2.33. The number of methoxy groups -OCH3 is 1. The second-order valence-corrected chi connectivity index (χ2v) is 5.75. The van der Waals surface area contributed by atoms with Gasteiger partial charge >= 0.3 is 6.03 Å². The van der Waals surface area contributed by atoms with Crippen LogP contribution < -0.4 is 5.32 Å². The number of hydrogen-bond acceptors (Lipinski definition) is 3. The molecular weight excluding hydrogens is 280 g/mol. The molecule has 0 aliphatic heterocycles. The van der Waals surface area contributed by atoms with Crippen molar-refractivity contribution in [3.8, 4) is 0 Å². The third-order valence-electron chi connectivity index (χ3n) is 4.19. The van der Waals surface area contributed by atoms with Gasteiger partial charge in [-0.1, -0.05) is 43.2 Å². The molecule has 0 unspecified atom stereocenters. The van der Waals surface area contributed by atoms with Crippen molar-refractivity contribution in [2.45, 2.75) is 44.4 Å². The Labute approximate surface area is 132 Å². The van der Waals surface area contributed by atoms with Crippen molar-refractivity contribution in [1.29, 1.82) is 0 Å². The molecule has 1 aliphatic rings. The van der Waals surface area contributed by atoms with Gasteiger partial charge in [-0.25, -0.2) is 4.79 Å². The van der Waals surface area contributed by atoms with Gasteiger partial charge in [0.25, 0.3) is 0 Å². The van der Waals surface area contributed by atoms with Crippen LogP contribution in [0, 0.1) is 0 Å². The molecule has 1 saturated carbocycles. The Bertz CT molecular complexity index is 452. The maximum atomic E-state index is 12.5. The molecule has 0 spiro atoms. The number of aliphatic hydroxyl groups excluding tert-OH is 1. The highest BCUT2D eigenvalue weighted by Crippen LogP contribution is 2.21. The van der Waals surface area contributed by atoms with Crippen LogP contribution in [0.15, 0.2) is 30.3 Å². The van der Waals surface area contributed by atoms with Crippen molar-refractivity contribution in [1.82, 2.24) is 10.2 Å². The number of carbonyl (C=O) groups is 1. The Kier molecular flexibility index (Phi) is 6.68. The Hall–Kier alpha value is -1.59. The zero-order chi connectivity index (χ0) is 15.8. The summed E-state index contributed by atoms with van der Waals surface area (Å²) in [5, 5.41) is 12.3. The molecule has 0 aromatic heterocycles. The second kappa shape index (κ2) is 8.76. The van der Waals surface area contributed by atoms with Crippen LogP contribution >= 0.6 is 0 Å². The van der Waals surface area contributed by atoms with Crippen molar-refractivity contribution in [3.63, 3.8) is 0 Å². The number of nitrogens with one attached hydrogen (secondary N) is 1. The van der Waals surface area contributed by atoms with Crippen molar-refractivity contribution < 1.29 is 14.6 Å². The predicted octanol–water partition coefficient (Wildman–Crippen LogP) is 2.15. The van der Waals surface area contributed by atoms with E-state index in [4.69, 9.17) is 4.74 Å². The molecular formula is C17H26N2O3. The molecule has 5 heteroatoms. The highest BCUT2D eigenvalue weighted by molar-refractivity contribution is 5.74. The maximum absolute atomic E-state index is 12.5. The zero-order valence-corrected chi connectivity index (χ0v) is 13.2. The van der Waals surface area contributed by atoms with Crippen LogP contribution in [0.5, 0.6) is 0 Å². The van der Waals surface area contributed by atoms with E-state index in [0.717, 1.165) is 31.2 Å². The molecule has 0 bridgehead atoms. The standard InChI is InChI=1S/C17H26N2O3/c1-22-16-10-6-5-9-15(16)18-17(21)19(11-12-20)13-14-7-3-2-4-8-14/h2-4,7-8,15-16,20H,5-6,9-13H2,1H3,(H,18,21)/t15-,16-/m1/s1. The lowest BCUT2D eigenvalue weighted by molar-refractivity contribution is 0.0426. The van der Waals surface area contributed by atoms with Crippen molar-refractivity contribution >= 4 is 6.03 Å². The first kappa shape index (κ1) is 16.8. The summed E-state index contributed by atoms with van der Waals surface area (Å²) in [4.78, 5) is 14.2. The van der Waals surface area contributed by atoms with Gasteiger partial charge in [-0.2, -0.15) is 0 Å². The normalized spacial score (nSPS) is 21.4. The van der Waals surface area contributed by atoms with E-state index in [1.54, 1.807) is 12.0 Å². The maximum Gasteiger partial charge on any atom is 0.318 e. The topological polar surface area (TPSA) is 61.8 Å². The molecule has 2 amide bonds. The number of carbonyl (C=O) groups excluding carboxylic acids is 1. The van der Waals surface area contributed by atoms with Gasteiger partial charge in [0.05, 0.1) is 18.8 Å². The second-order valence-electron chi connectivity index (χ2n) is 5.75. The smallest absolute Gasteiger partial charge is 0.318 e. The molecule has 1 aromatic carbocycles. The fourth-order valence-corrected chi connectivity index (χ4v) is 2.97. The van der Waals surface area contributed by atoms with Gasteiger partial charge in [0.2, 0.25) is 0 Å². The summed E-state index contributed by atoms with van der Waals surface area (Å²) in [5.41, 5.74) is 1.05. The molecule has 0 saturated heterocycles. The SMILES string of the molecule is CO[C@@H]1CCCC[C@H]1NC(=O)N(CCO)Cc1ccccc1. The minimum Gasteiger partial charge on any atom is -0.395 e. The molecule has 122 valence electrons. The minimum absolute atomic E-state index is 0.0430. The van der Waals surface area contributed by atoms with Crippen LogP contribution in [0.4, 0.5) is 4.79 Å². The summed E-state index contributed by atoms with van der Waals surface area (Å²) in [5.74, 6) is 0. The third-order valence-corrected chi connectivity index (χ3v) is 4.19. The highest BCUT2D eigenvalue weighted by Gasteiger charge is 2.27. The fraction of sp³-hybridized carbons (Fsp3) is 0.588. The molecule has 22 heavy (non-hydrogen) atoms. The molecule has 2 rings (SSSR count). The Morgan fingerprint density at radius 1 is 1.32 bits per heavy atom. The van der Waals surface area contributed by atoms with Crippen LogP contribution in [0.3, 0.4) is 0 Å². The van der Waals surface area contributed by atoms with Gasteiger partial charge in [-0.3, -0.25) is 0 Å². The van der Waals surface area contributed by atoms with Gasteiger partial charge < -0.3 is 20.1 Å². The van der Waals surface area contributed by atoms with E-state index in [1.807, 2.05) is 30.3 Å². The number of benzene rings is 1. The summed E-state index contributed by atoms with van der Waals surface area (Å²) in [6.07, 6.45) is 4.28. The van der Waals surface area contributed by atoms with E-state index in [2.05, 4.69) is 5.32 Å². The van der Waals surface area contributed by atoms with Gasteiger partial charge in [-0.15, -0.1) is 0 Å². The molecule has 1 fully saturated rings. The number of hydrogen-bond donors (Lipinski definition) is 2. The molecule has 1 aliphatic carbocycles. The van der Waals surface area contributed by atoms with E-state index >= 15 is 0 Å². The monoisotopic (exact) mass is 306 g/mol. The third kappa shape index (κ3) is 4.71. The number of ether oxygens (including phenoxy) is 1. The van der Waals surface area contributed by atoms with Gasteiger partial charge in [0, 0.05) is 20.2 Å². The number of rotatable bonds is 6. The Balaban J connectivity index is 1.96. The van der Waals surface area contributed by atoms with Crippen LogP contribution in [-0.2, 0) is 11.3 Å². The average Bonchev–Trinajstić information content (AvgIpc) is 2.56.